The van der Waals surface area contributed by atoms with Crippen molar-refractivity contribution < 1.29 is 27.8 Å². The van der Waals surface area contributed by atoms with Crippen LogP contribution in [0, 0.1) is 0 Å². The fraction of sp³-hybridized carbons (Fsp3) is 0.600. The number of aliphatic hydroxyl groups is 1. The van der Waals surface area contributed by atoms with Crippen LogP contribution in [0.2, 0.25) is 0 Å². The maximum Gasteiger partial charge on any atom is 0.573 e. The summed E-state index contributed by atoms with van der Waals surface area (Å²) in [7, 11) is 0. The zero-order chi connectivity index (χ0) is 26.6. The monoisotopic (exact) mass is 532 g/mol. The van der Waals surface area contributed by atoms with Gasteiger partial charge < -0.3 is 24.4 Å². The second-order valence-corrected chi connectivity index (χ2v) is 11.1. The van der Waals surface area contributed by atoms with E-state index in [1.165, 1.54) is 23.4 Å². The molecular weight excluding hydrogens is 493 g/mol. The Hall–Kier alpha value is -2.29. The van der Waals surface area contributed by atoms with Crippen molar-refractivity contribution in [3.63, 3.8) is 0 Å². The lowest BCUT2D eigenvalue weighted by Crippen LogP contribution is -2.46. The minimum absolute atomic E-state index is 0.224. The Morgan fingerprint density at radius 2 is 1.66 bits per heavy atom. The average molecular weight is 533 g/mol. The molecular formula is C30H39F3N2O3. The molecule has 3 fully saturated rings. The van der Waals surface area contributed by atoms with Crippen LogP contribution in [0.1, 0.15) is 67.9 Å². The Labute approximate surface area is 223 Å². The summed E-state index contributed by atoms with van der Waals surface area (Å²) in [5.74, 6) is -0.0281. The maximum absolute atomic E-state index is 12.9. The third kappa shape index (κ3) is 6.64. The van der Waals surface area contributed by atoms with Gasteiger partial charge in [-0.1, -0.05) is 49.6 Å². The predicted molar refractivity (Wildman–Crippen MR) is 142 cm³/mol. The molecule has 2 aliphatic heterocycles. The number of hydrogen-bond acceptors (Lipinski definition) is 5. The molecule has 1 N–H and O–H groups in total. The van der Waals surface area contributed by atoms with E-state index in [1.54, 1.807) is 6.07 Å². The van der Waals surface area contributed by atoms with E-state index in [-0.39, 0.29) is 11.7 Å². The topological polar surface area (TPSA) is 45.2 Å². The third-order valence-corrected chi connectivity index (χ3v) is 8.62. The van der Waals surface area contributed by atoms with E-state index in [0.29, 0.717) is 25.3 Å². The highest BCUT2D eigenvalue weighted by molar-refractivity contribution is 5.55. The van der Waals surface area contributed by atoms with Crippen molar-refractivity contribution in [2.45, 2.75) is 68.7 Å². The molecule has 3 aliphatic rings. The van der Waals surface area contributed by atoms with Crippen LogP contribution in [-0.2, 0) is 4.74 Å². The van der Waals surface area contributed by atoms with E-state index in [0.717, 1.165) is 77.1 Å². The van der Waals surface area contributed by atoms with Crippen molar-refractivity contribution in [2.75, 3.05) is 50.8 Å². The van der Waals surface area contributed by atoms with E-state index in [4.69, 9.17) is 4.74 Å². The van der Waals surface area contributed by atoms with Gasteiger partial charge >= 0.3 is 6.36 Å². The second kappa shape index (κ2) is 11.8. The molecule has 208 valence electrons. The highest BCUT2D eigenvalue weighted by Crippen LogP contribution is 2.43. The van der Waals surface area contributed by atoms with Gasteiger partial charge in [0, 0.05) is 31.2 Å². The number of halogens is 3. The summed E-state index contributed by atoms with van der Waals surface area (Å²) in [5, 5.41) is 11.7. The largest absolute Gasteiger partial charge is 0.573 e. The van der Waals surface area contributed by atoms with Crippen LogP contribution in [-0.4, -0.2) is 67.9 Å². The standard InChI is InChI=1S/C30H39F3N2O3/c31-30(32,33)38-25-8-6-7-24(21-25)27(29(36)13-4-1-5-14-29)22-34-15-11-23(12-16-34)26-9-2-3-10-28(26)35-17-19-37-20-18-35/h2-3,6-10,21,23,27,36H,1,4-5,11-20,22H2. The van der Waals surface area contributed by atoms with Crippen LogP contribution < -0.4 is 9.64 Å². The number of anilines is 1. The van der Waals surface area contributed by atoms with Gasteiger partial charge in [0.2, 0.25) is 0 Å². The Morgan fingerprint density at radius 1 is 0.947 bits per heavy atom. The van der Waals surface area contributed by atoms with Crippen LogP contribution in [0.25, 0.3) is 0 Å². The number of hydrogen-bond donors (Lipinski definition) is 1. The summed E-state index contributed by atoms with van der Waals surface area (Å²) in [5.41, 5.74) is 2.50. The molecule has 1 aliphatic carbocycles. The molecule has 2 saturated heterocycles. The number of ether oxygens (including phenoxy) is 2. The van der Waals surface area contributed by atoms with E-state index in [1.807, 2.05) is 6.07 Å². The zero-order valence-corrected chi connectivity index (χ0v) is 22.0. The molecule has 0 radical (unpaired) electrons. The fourth-order valence-electron chi connectivity index (χ4n) is 6.64. The first-order chi connectivity index (χ1) is 18.3. The molecule has 2 heterocycles. The zero-order valence-electron chi connectivity index (χ0n) is 22.0. The lowest BCUT2D eigenvalue weighted by Gasteiger charge is -2.43. The first-order valence-corrected chi connectivity index (χ1v) is 14.0. The lowest BCUT2D eigenvalue weighted by atomic mass is 9.72. The van der Waals surface area contributed by atoms with E-state index >= 15 is 0 Å². The predicted octanol–water partition coefficient (Wildman–Crippen LogP) is 6.08. The minimum Gasteiger partial charge on any atom is -0.406 e. The molecule has 1 atom stereocenters. The van der Waals surface area contributed by atoms with Gasteiger partial charge in [0.25, 0.3) is 0 Å². The van der Waals surface area contributed by atoms with Gasteiger partial charge in [0.15, 0.2) is 0 Å². The number of rotatable bonds is 7. The molecule has 2 aromatic rings. The highest BCUT2D eigenvalue weighted by atomic mass is 19.4. The Bertz CT molecular complexity index is 1040. The lowest BCUT2D eigenvalue weighted by molar-refractivity contribution is -0.274. The Morgan fingerprint density at radius 3 is 2.37 bits per heavy atom. The molecule has 5 rings (SSSR count). The summed E-state index contributed by atoms with van der Waals surface area (Å²) in [6, 6.07) is 14.9. The number of morpholine rings is 1. The van der Waals surface area contributed by atoms with Gasteiger partial charge in [0.05, 0.1) is 18.8 Å². The van der Waals surface area contributed by atoms with Crippen LogP contribution >= 0.6 is 0 Å². The van der Waals surface area contributed by atoms with Crippen molar-refractivity contribution in [2.24, 2.45) is 0 Å². The van der Waals surface area contributed by atoms with Crippen molar-refractivity contribution in [3.8, 4) is 5.75 Å². The summed E-state index contributed by atoms with van der Waals surface area (Å²) >= 11 is 0. The van der Waals surface area contributed by atoms with Gasteiger partial charge in [-0.3, -0.25) is 0 Å². The number of para-hydroxylation sites is 1. The number of benzene rings is 2. The number of alkyl halides is 3. The van der Waals surface area contributed by atoms with Gasteiger partial charge in [-0.25, -0.2) is 0 Å². The Kier molecular flexibility index (Phi) is 8.50. The molecule has 0 amide bonds. The van der Waals surface area contributed by atoms with Crippen molar-refractivity contribution in [3.05, 3.63) is 59.7 Å². The number of nitrogens with zero attached hydrogens (tertiary/aromatic N) is 2. The molecule has 2 aromatic carbocycles. The Balaban J connectivity index is 1.30. The first-order valence-electron chi connectivity index (χ1n) is 14.0. The van der Waals surface area contributed by atoms with Crippen LogP contribution in [0.3, 0.4) is 0 Å². The summed E-state index contributed by atoms with van der Waals surface area (Å²) in [6.45, 7) is 5.75. The smallest absolute Gasteiger partial charge is 0.406 e. The molecule has 0 aromatic heterocycles. The molecule has 8 heteroatoms. The van der Waals surface area contributed by atoms with Crippen molar-refractivity contribution in [1.82, 2.24) is 4.90 Å². The number of piperidine rings is 1. The van der Waals surface area contributed by atoms with Crippen molar-refractivity contribution in [1.29, 1.82) is 0 Å². The third-order valence-electron chi connectivity index (χ3n) is 8.62. The maximum atomic E-state index is 12.9. The minimum atomic E-state index is -4.74. The quantitative estimate of drug-likeness (QED) is 0.468. The van der Waals surface area contributed by atoms with E-state index in [2.05, 4.69) is 38.8 Å². The van der Waals surface area contributed by atoms with Crippen LogP contribution in [0.15, 0.2) is 48.5 Å². The van der Waals surface area contributed by atoms with Gasteiger partial charge in [-0.05, 0) is 74.0 Å². The molecule has 5 nitrogen and oxygen atoms in total. The molecule has 0 bridgehead atoms. The normalized spacial score (nSPS) is 22.3. The van der Waals surface area contributed by atoms with Crippen LogP contribution in [0.4, 0.5) is 18.9 Å². The molecule has 1 saturated carbocycles. The van der Waals surface area contributed by atoms with Gasteiger partial charge in [-0.15, -0.1) is 13.2 Å². The number of likely N-dealkylation sites (tertiary alicyclic amines) is 1. The summed E-state index contributed by atoms with van der Waals surface area (Å²) in [4.78, 5) is 4.82. The van der Waals surface area contributed by atoms with Gasteiger partial charge in [0.1, 0.15) is 5.75 Å². The highest BCUT2D eigenvalue weighted by Gasteiger charge is 2.41. The molecule has 38 heavy (non-hydrogen) atoms. The summed E-state index contributed by atoms with van der Waals surface area (Å²) < 4.78 is 48.5. The van der Waals surface area contributed by atoms with Crippen molar-refractivity contribution >= 4 is 5.69 Å². The van der Waals surface area contributed by atoms with E-state index < -0.39 is 12.0 Å². The molecule has 0 spiro atoms. The SMILES string of the molecule is OC1(C(CN2CCC(c3ccccc3N3CCOCC3)CC2)c2cccc(OC(F)(F)F)c2)CCCCC1. The first kappa shape index (κ1) is 27.3. The molecule has 1 unspecified atom stereocenters. The fourth-order valence-corrected chi connectivity index (χ4v) is 6.64. The average Bonchev–Trinajstić information content (AvgIpc) is 2.92. The van der Waals surface area contributed by atoms with Crippen LogP contribution in [0.5, 0.6) is 5.75 Å². The van der Waals surface area contributed by atoms with E-state index in [9.17, 15) is 18.3 Å². The second-order valence-electron chi connectivity index (χ2n) is 11.1. The summed E-state index contributed by atoms with van der Waals surface area (Å²) in [6.07, 6.45) is 1.60. The van der Waals surface area contributed by atoms with Gasteiger partial charge in [-0.2, -0.15) is 0 Å².